The quantitative estimate of drug-likeness (QED) is 0.831. The summed E-state index contributed by atoms with van der Waals surface area (Å²) in [5, 5.41) is 0. The van der Waals surface area contributed by atoms with Gasteiger partial charge in [0.25, 0.3) is 10.0 Å². The molecule has 0 aromatic heterocycles. The molecule has 1 fully saturated rings. The highest BCUT2D eigenvalue weighted by molar-refractivity contribution is 7.94. The van der Waals surface area contributed by atoms with Gasteiger partial charge < -0.3 is 0 Å². The summed E-state index contributed by atoms with van der Waals surface area (Å²) in [6.07, 6.45) is 0. The largest absolute Gasteiger partial charge is 0.280 e. The maximum absolute atomic E-state index is 13.2. The summed E-state index contributed by atoms with van der Waals surface area (Å²) in [4.78, 5) is 12.2. The fourth-order valence-corrected chi connectivity index (χ4v) is 5.94. The number of nitrogens with zero attached hydrogens (tertiary/aromatic N) is 1. The van der Waals surface area contributed by atoms with Gasteiger partial charge in [-0.2, -0.15) is 0 Å². The molecule has 1 amide bonds. The number of nitrogens with one attached hydrogen (secondary N) is 1. The van der Waals surface area contributed by atoms with Crippen LogP contribution in [0.5, 0.6) is 0 Å². The topological polar surface area (TPSA) is 101 Å². The number of halogens is 1. The fourth-order valence-electron chi connectivity index (χ4n) is 2.79. The molecule has 144 valence electrons. The molecule has 1 saturated heterocycles. The van der Waals surface area contributed by atoms with Gasteiger partial charge in [-0.05, 0) is 56.3 Å². The van der Waals surface area contributed by atoms with Crippen molar-refractivity contribution >= 4 is 37.3 Å². The Balaban J connectivity index is 1.90. The highest BCUT2D eigenvalue weighted by Gasteiger charge is 2.49. The molecule has 0 atom stereocenters. The Hall–Kier alpha value is -2.46. The van der Waals surface area contributed by atoms with E-state index in [0.717, 1.165) is 6.07 Å². The highest BCUT2D eigenvalue weighted by Crippen LogP contribution is 2.36. The number of hydrogen-bond donors (Lipinski definition) is 1. The van der Waals surface area contributed by atoms with Crippen molar-refractivity contribution in [2.24, 2.45) is 5.41 Å². The van der Waals surface area contributed by atoms with Crippen molar-refractivity contribution < 1.29 is 26.0 Å². The van der Waals surface area contributed by atoms with Crippen LogP contribution in [0.1, 0.15) is 13.8 Å². The molecule has 3 rings (SSSR count). The lowest BCUT2D eigenvalue weighted by molar-refractivity contribution is -0.123. The summed E-state index contributed by atoms with van der Waals surface area (Å²) in [5.41, 5.74) is -0.934. The molecule has 1 aliphatic rings. The molecule has 0 saturated carbocycles. The Labute approximate surface area is 156 Å². The van der Waals surface area contributed by atoms with Crippen LogP contribution in [0.25, 0.3) is 0 Å². The molecule has 0 spiro atoms. The Morgan fingerprint density at radius 3 is 2.26 bits per heavy atom. The van der Waals surface area contributed by atoms with Crippen LogP contribution in [0.15, 0.2) is 53.4 Å². The Kier molecular flexibility index (Phi) is 4.51. The molecular formula is C17H17FN2O5S2. The molecule has 0 radical (unpaired) electrons. The minimum absolute atomic E-state index is 0.0538. The summed E-state index contributed by atoms with van der Waals surface area (Å²) in [6.45, 7) is 3.07. The van der Waals surface area contributed by atoms with E-state index < -0.39 is 37.2 Å². The van der Waals surface area contributed by atoms with Crippen molar-refractivity contribution in [1.29, 1.82) is 0 Å². The summed E-state index contributed by atoms with van der Waals surface area (Å²) in [6, 6.07) is 9.84. The van der Waals surface area contributed by atoms with Crippen molar-refractivity contribution in [3.05, 3.63) is 54.3 Å². The van der Waals surface area contributed by atoms with E-state index in [1.54, 1.807) is 0 Å². The second kappa shape index (κ2) is 6.31. The summed E-state index contributed by atoms with van der Waals surface area (Å²) < 4.78 is 65.5. The predicted molar refractivity (Wildman–Crippen MR) is 98.7 cm³/mol. The van der Waals surface area contributed by atoms with Crippen LogP contribution in [-0.4, -0.2) is 28.5 Å². The summed E-state index contributed by atoms with van der Waals surface area (Å²) in [7, 11) is -7.83. The van der Waals surface area contributed by atoms with Crippen LogP contribution in [0, 0.1) is 11.2 Å². The van der Waals surface area contributed by atoms with E-state index in [-0.39, 0.29) is 22.0 Å². The van der Waals surface area contributed by atoms with E-state index in [4.69, 9.17) is 0 Å². The van der Waals surface area contributed by atoms with Crippen LogP contribution in [0.2, 0.25) is 0 Å². The number of amides is 1. The minimum atomic E-state index is -4.01. The average molecular weight is 412 g/mol. The van der Waals surface area contributed by atoms with E-state index in [1.165, 1.54) is 56.3 Å². The Morgan fingerprint density at radius 1 is 1.11 bits per heavy atom. The van der Waals surface area contributed by atoms with Gasteiger partial charge in [0.05, 0.1) is 27.4 Å². The third-order valence-electron chi connectivity index (χ3n) is 4.04. The van der Waals surface area contributed by atoms with Crippen molar-refractivity contribution in [3.8, 4) is 0 Å². The molecule has 0 bridgehead atoms. The van der Waals surface area contributed by atoms with Crippen LogP contribution in [-0.2, 0) is 24.8 Å². The molecule has 27 heavy (non-hydrogen) atoms. The van der Waals surface area contributed by atoms with Crippen molar-refractivity contribution in [2.45, 2.75) is 18.7 Å². The molecule has 1 heterocycles. The molecule has 2 aromatic rings. The first-order valence-corrected chi connectivity index (χ1v) is 11.0. The van der Waals surface area contributed by atoms with E-state index in [2.05, 4.69) is 4.72 Å². The van der Waals surface area contributed by atoms with Gasteiger partial charge >= 0.3 is 0 Å². The normalized spacial score (nSPS) is 18.5. The highest BCUT2D eigenvalue weighted by atomic mass is 32.2. The van der Waals surface area contributed by atoms with E-state index in [0.29, 0.717) is 4.31 Å². The van der Waals surface area contributed by atoms with Gasteiger partial charge in [0.15, 0.2) is 0 Å². The number of carbonyl (C=O) groups excluding carboxylic acids is 1. The number of benzene rings is 2. The standard InChI is InChI=1S/C17H17FN2O5S2/c1-17(2)11-26(22,23)20(16(17)21)14-6-8-15(9-7-14)27(24,25)19-13-5-3-4-12(18)10-13/h3-10,19H,11H2,1-2H3. The van der Waals surface area contributed by atoms with Crippen molar-refractivity contribution in [2.75, 3.05) is 14.8 Å². The molecule has 0 aliphatic carbocycles. The first kappa shape index (κ1) is 19.3. The van der Waals surface area contributed by atoms with Gasteiger partial charge in [-0.25, -0.2) is 25.5 Å². The van der Waals surface area contributed by atoms with Gasteiger partial charge in [-0.15, -0.1) is 0 Å². The first-order valence-electron chi connectivity index (χ1n) is 7.88. The van der Waals surface area contributed by atoms with Gasteiger partial charge in [-0.3, -0.25) is 9.52 Å². The molecule has 1 N–H and O–H groups in total. The van der Waals surface area contributed by atoms with Crippen molar-refractivity contribution in [3.63, 3.8) is 0 Å². The molecule has 10 heteroatoms. The van der Waals surface area contributed by atoms with Gasteiger partial charge in [0.2, 0.25) is 15.9 Å². The average Bonchev–Trinajstić information content (AvgIpc) is 2.70. The predicted octanol–water partition coefficient (Wildman–Crippen LogP) is 2.33. The number of hydrogen-bond acceptors (Lipinski definition) is 5. The van der Waals surface area contributed by atoms with Gasteiger partial charge in [-0.1, -0.05) is 6.07 Å². The second-order valence-electron chi connectivity index (χ2n) is 6.82. The SMILES string of the molecule is CC1(C)CS(=O)(=O)N(c2ccc(S(=O)(=O)Nc3cccc(F)c3)cc2)C1=O. The van der Waals surface area contributed by atoms with E-state index in [9.17, 15) is 26.0 Å². The smallest absolute Gasteiger partial charge is 0.261 e. The molecule has 7 nitrogen and oxygen atoms in total. The Bertz CT molecular complexity index is 1110. The minimum Gasteiger partial charge on any atom is -0.280 e. The van der Waals surface area contributed by atoms with Crippen LogP contribution >= 0.6 is 0 Å². The van der Waals surface area contributed by atoms with E-state index in [1.807, 2.05) is 0 Å². The maximum Gasteiger partial charge on any atom is 0.261 e. The molecule has 2 aromatic carbocycles. The van der Waals surface area contributed by atoms with Crippen LogP contribution in [0.3, 0.4) is 0 Å². The second-order valence-corrected chi connectivity index (χ2v) is 10.3. The lowest BCUT2D eigenvalue weighted by Gasteiger charge is -2.17. The Morgan fingerprint density at radius 2 is 1.74 bits per heavy atom. The molecule has 0 unspecified atom stereocenters. The summed E-state index contributed by atoms with van der Waals surface area (Å²) >= 11 is 0. The maximum atomic E-state index is 13.2. The van der Waals surface area contributed by atoms with Gasteiger partial charge in [0, 0.05) is 0 Å². The summed E-state index contributed by atoms with van der Waals surface area (Å²) in [5.74, 6) is -1.48. The zero-order valence-electron chi connectivity index (χ0n) is 14.5. The van der Waals surface area contributed by atoms with Gasteiger partial charge in [0.1, 0.15) is 5.82 Å². The lowest BCUT2D eigenvalue weighted by Crippen LogP contribution is -2.32. The zero-order chi connectivity index (χ0) is 20.0. The monoisotopic (exact) mass is 412 g/mol. The fraction of sp³-hybridized carbons (Fsp3) is 0.235. The third kappa shape index (κ3) is 3.67. The first-order chi connectivity index (χ1) is 12.4. The zero-order valence-corrected chi connectivity index (χ0v) is 16.1. The van der Waals surface area contributed by atoms with Crippen LogP contribution in [0.4, 0.5) is 15.8 Å². The number of rotatable bonds is 4. The number of anilines is 2. The number of sulfonamides is 2. The van der Waals surface area contributed by atoms with Crippen molar-refractivity contribution in [1.82, 2.24) is 0 Å². The molecule has 1 aliphatic heterocycles. The van der Waals surface area contributed by atoms with Crippen LogP contribution < -0.4 is 9.03 Å². The third-order valence-corrected chi connectivity index (χ3v) is 7.46. The van der Waals surface area contributed by atoms with E-state index >= 15 is 0 Å². The molecular weight excluding hydrogens is 395 g/mol. The lowest BCUT2D eigenvalue weighted by atomic mass is 9.95. The number of carbonyl (C=O) groups is 1.